The molecule has 94 valence electrons. The lowest BCUT2D eigenvalue weighted by Crippen LogP contribution is -2.29. The highest BCUT2D eigenvalue weighted by atomic mass is 79.9. The van der Waals surface area contributed by atoms with Gasteiger partial charge in [-0.2, -0.15) is 0 Å². The zero-order chi connectivity index (χ0) is 12.1. The Hall–Kier alpha value is -0.540. The fourth-order valence-corrected chi connectivity index (χ4v) is 2.64. The van der Waals surface area contributed by atoms with Gasteiger partial charge in [0, 0.05) is 37.8 Å². The SMILES string of the molecule is CN(CC1CCOCC1)c1ccc(CBr)cc1. The molecule has 1 aliphatic heterocycles. The predicted molar refractivity (Wildman–Crippen MR) is 75.9 cm³/mol. The van der Waals surface area contributed by atoms with E-state index in [9.17, 15) is 0 Å². The summed E-state index contributed by atoms with van der Waals surface area (Å²) in [4.78, 5) is 2.36. The molecule has 0 unspecified atom stereocenters. The van der Waals surface area contributed by atoms with Crippen molar-refractivity contribution >= 4 is 21.6 Å². The first-order chi connectivity index (χ1) is 8.29. The third kappa shape index (κ3) is 3.71. The van der Waals surface area contributed by atoms with Crippen molar-refractivity contribution in [3.63, 3.8) is 0 Å². The lowest BCUT2D eigenvalue weighted by Gasteiger charge is -2.28. The van der Waals surface area contributed by atoms with Crippen molar-refractivity contribution in [2.24, 2.45) is 5.92 Å². The first-order valence-electron chi connectivity index (χ1n) is 6.23. The van der Waals surface area contributed by atoms with Crippen LogP contribution in [0.15, 0.2) is 24.3 Å². The lowest BCUT2D eigenvalue weighted by atomic mass is 9.99. The smallest absolute Gasteiger partial charge is 0.0469 e. The van der Waals surface area contributed by atoms with Crippen LogP contribution in [0.3, 0.4) is 0 Å². The van der Waals surface area contributed by atoms with Gasteiger partial charge in [-0.25, -0.2) is 0 Å². The van der Waals surface area contributed by atoms with Gasteiger partial charge in [0.2, 0.25) is 0 Å². The zero-order valence-electron chi connectivity index (χ0n) is 10.4. The lowest BCUT2D eigenvalue weighted by molar-refractivity contribution is 0.0685. The molecule has 0 amide bonds. The van der Waals surface area contributed by atoms with Crippen LogP contribution >= 0.6 is 15.9 Å². The van der Waals surface area contributed by atoms with E-state index in [0.717, 1.165) is 31.0 Å². The summed E-state index contributed by atoms with van der Waals surface area (Å²) in [7, 11) is 2.18. The van der Waals surface area contributed by atoms with Crippen LogP contribution in [0.5, 0.6) is 0 Å². The van der Waals surface area contributed by atoms with Crippen molar-refractivity contribution in [3.8, 4) is 0 Å². The maximum Gasteiger partial charge on any atom is 0.0469 e. The monoisotopic (exact) mass is 297 g/mol. The maximum atomic E-state index is 5.39. The number of alkyl halides is 1. The van der Waals surface area contributed by atoms with Crippen LogP contribution in [0.4, 0.5) is 5.69 Å². The Bertz CT molecular complexity index is 333. The molecule has 2 rings (SSSR count). The van der Waals surface area contributed by atoms with Gasteiger partial charge in [0.1, 0.15) is 0 Å². The minimum atomic E-state index is 0.782. The van der Waals surface area contributed by atoms with Crippen LogP contribution in [0.25, 0.3) is 0 Å². The number of rotatable bonds is 4. The number of hydrogen-bond acceptors (Lipinski definition) is 2. The van der Waals surface area contributed by atoms with E-state index in [0.29, 0.717) is 0 Å². The summed E-state index contributed by atoms with van der Waals surface area (Å²) in [6.07, 6.45) is 2.40. The summed E-state index contributed by atoms with van der Waals surface area (Å²) in [5.41, 5.74) is 2.63. The largest absolute Gasteiger partial charge is 0.381 e. The molecule has 0 aliphatic carbocycles. The Balaban J connectivity index is 1.91. The number of benzene rings is 1. The fraction of sp³-hybridized carbons (Fsp3) is 0.571. The molecule has 0 radical (unpaired) electrons. The van der Waals surface area contributed by atoms with Gasteiger partial charge in [0.25, 0.3) is 0 Å². The van der Waals surface area contributed by atoms with Crippen molar-refractivity contribution in [1.29, 1.82) is 0 Å². The molecule has 2 nitrogen and oxygen atoms in total. The van der Waals surface area contributed by atoms with E-state index in [-0.39, 0.29) is 0 Å². The molecule has 0 saturated carbocycles. The van der Waals surface area contributed by atoms with Crippen molar-refractivity contribution in [2.45, 2.75) is 18.2 Å². The van der Waals surface area contributed by atoms with Gasteiger partial charge in [-0.3, -0.25) is 0 Å². The van der Waals surface area contributed by atoms with Crippen molar-refractivity contribution in [3.05, 3.63) is 29.8 Å². The minimum absolute atomic E-state index is 0.782. The average molecular weight is 298 g/mol. The minimum Gasteiger partial charge on any atom is -0.381 e. The third-order valence-corrected chi connectivity index (χ3v) is 4.05. The fourth-order valence-electron chi connectivity index (χ4n) is 2.26. The molecule has 0 atom stereocenters. The maximum absolute atomic E-state index is 5.39. The number of anilines is 1. The first kappa shape index (κ1) is 12.9. The standard InChI is InChI=1S/C14H20BrNO/c1-16(11-13-6-8-17-9-7-13)14-4-2-12(10-15)3-5-14/h2-5,13H,6-11H2,1H3. The molecule has 1 heterocycles. The molecule has 0 N–H and O–H groups in total. The molecular weight excluding hydrogens is 278 g/mol. The average Bonchev–Trinajstić information content (AvgIpc) is 2.40. The van der Waals surface area contributed by atoms with E-state index >= 15 is 0 Å². The molecule has 0 spiro atoms. The summed E-state index contributed by atoms with van der Waals surface area (Å²) in [6.45, 7) is 3.00. The van der Waals surface area contributed by atoms with E-state index in [4.69, 9.17) is 4.74 Å². The molecular formula is C14H20BrNO. The Kier molecular flexibility index (Phi) is 4.86. The van der Waals surface area contributed by atoms with Gasteiger partial charge in [0.05, 0.1) is 0 Å². The van der Waals surface area contributed by atoms with E-state index in [1.165, 1.54) is 24.1 Å². The highest BCUT2D eigenvalue weighted by Gasteiger charge is 2.15. The van der Waals surface area contributed by atoms with Crippen LogP contribution < -0.4 is 4.90 Å². The van der Waals surface area contributed by atoms with Gasteiger partial charge >= 0.3 is 0 Å². The number of ether oxygens (including phenoxy) is 1. The first-order valence-corrected chi connectivity index (χ1v) is 7.35. The predicted octanol–water partition coefficient (Wildman–Crippen LogP) is 3.44. The van der Waals surface area contributed by atoms with Gasteiger partial charge in [-0.1, -0.05) is 28.1 Å². The molecule has 1 aromatic rings. The quantitative estimate of drug-likeness (QED) is 0.790. The van der Waals surface area contributed by atoms with E-state index in [1.54, 1.807) is 0 Å². The van der Waals surface area contributed by atoms with Gasteiger partial charge in [-0.15, -0.1) is 0 Å². The van der Waals surface area contributed by atoms with Crippen molar-refractivity contribution in [1.82, 2.24) is 0 Å². The zero-order valence-corrected chi connectivity index (χ0v) is 11.9. The molecule has 17 heavy (non-hydrogen) atoms. The third-order valence-electron chi connectivity index (χ3n) is 3.40. The normalized spacial score (nSPS) is 17.1. The van der Waals surface area contributed by atoms with E-state index < -0.39 is 0 Å². The van der Waals surface area contributed by atoms with Crippen LogP contribution in [-0.4, -0.2) is 26.8 Å². The molecule has 0 bridgehead atoms. The summed E-state index contributed by atoms with van der Waals surface area (Å²) < 4.78 is 5.39. The van der Waals surface area contributed by atoms with Crippen molar-refractivity contribution in [2.75, 3.05) is 31.7 Å². The van der Waals surface area contributed by atoms with Crippen LogP contribution in [0.2, 0.25) is 0 Å². The summed E-state index contributed by atoms with van der Waals surface area (Å²) in [5.74, 6) is 0.782. The summed E-state index contributed by atoms with van der Waals surface area (Å²) in [5, 5.41) is 0.928. The van der Waals surface area contributed by atoms with Crippen LogP contribution in [-0.2, 0) is 10.1 Å². The summed E-state index contributed by atoms with van der Waals surface area (Å²) >= 11 is 3.47. The Labute approximate surface area is 112 Å². The topological polar surface area (TPSA) is 12.5 Å². The molecule has 1 aliphatic rings. The highest BCUT2D eigenvalue weighted by Crippen LogP contribution is 2.20. The second-order valence-corrected chi connectivity index (χ2v) is 5.30. The molecule has 3 heteroatoms. The van der Waals surface area contributed by atoms with Gasteiger partial charge in [0.15, 0.2) is 0 Å². The van der Waals surface area contributed by atoms with E-state index in [1.807, 2.05) is 0 Å². The second kappa shape index (κ2) is 6.41. The van der Waals surface area contributed by atoms with Crippen molar-refractivity contribution < 1.29 is 4.74 Å². The van der Waals surface area contributed by atoms with Crippen LogP contribution in [0.1, 0.15) is 18.4 Å². The molecule has 0 aromatic heterocycles. The Morgan fingerprint density at radius 2 is 1.88 bits per heavy atom. The second-order valence-electron chi connectivity index (χ2n) is 4.74. The molecule has 1 aromatic carbocycles. The molecule has 1 saturated heterocycles. The van der Waals surface area contributed by atoms with E-state index in [2.05, 4.69) is 52.1 Å². The summed E-state index contributed by atoms with van der Waals surface area (Å²) in [6, 6.07) is 8.78. The number of halogens is 1. The van der Waals surface area contributed by atoms with Gasteiger partial charge in [-0.05, 0) is 36.5 Å². The highest BCUT2D eigenvalue weighted by molar-refractivity contribution is 9.08. The van der Waals surface area contributed by atoms with Gasteiger partial charge < -0.3 is 9.64 Å². The number of nitrogens with zero attached hydrogens (tertiary/aromatic N) is 1. The molecule has 1 fully saturated rings. The van der Waals surface area contributed by atoms with Crippen LogP contribution in [0, 0.1) is 5.92 Å². The Morgan fingerprint density at radius 3 is 2.47 bits per heavy atom. The number of hydrogen-bond donors (Lipinski definition) is 0. The Morgan fingerprint density at radius 1 is 1.24 bits per heavy atom.